The molecule has 0 spiro atoms. The van der Waals surface area contributed by atoms with Crippen molar-refractivity contribution in [1.82, 2.24) is 5.43 Å². The first-order chi connectivity index (χ1) is 7.26. The summed E-state index contributed by atoms with van der Waals surface area (Å²) in [5.74, 6) is 5.73. The monoisotopic (exact) mass is 208 g/mol. The van der Waals surface area contributed by atoms with Crippen molar-refractivity contribution in [3.05, 3.63) is 11.6 Å². The lowest BCUT2D eigenvalue weighted by atomic mass is 9.87. The number of hydrogen-bond acceptors (Lipinski definition) is 2. The van der Waals surface area contributed by atoms with Crippen LogP contribution in [0.4, 0.5) is 0 Å². The second-order valence-electron chi connectivity index (χ2n) is 5.49. The Labute approximate surface area is 93.3 Å². The van der Waals surface area contributed by atoms with Gasteiger partial charge in [-0.25, -0.2) is 0 Å². The second-order valence-corrected chi connectivity index (χ2v) is 5.49. The van der Waals surface area contributed by atoms with E-state index in [2.05, 4.69) is 18.4 Å². The number of hydrazine groups is 1. The molecule has 0 aromatic carbocycles. The third kappa shape index (κ3) is 2.61. The highest BCUT2D eigenvalue weighted by Gasteiger charge is 2.45. The molecule has 1 fully saturated rings. The van der Waals surface area contributed by atoms with E-state index >= 15 is 0 Å². The SMILES string of the molecule is CC1(C(NN)C2=CCCCCCC2)CC1. The average Bonchev–Trinajstić information content (AvgIpc) is 2.89. The van der Waals surface area contributed by atoms with Crippen molar-refractivity contribution in [2.24, 2.45) is 11.3 Å². The van der Waals surface area contributed by atoms with Crippen LogP contribution in [0, 0.1) is 5.41 Å². The summed E-state index contributed by atoms with van der Waals surface area (Å²) < 4.78 is 0. The van der Waals surface area contributed by atoms with Crippen molar-refractivity contribution >= 4 is 0 Å². The van der Waals surface area contributed by atoms with Crippen LogP contribution < -0.4 is 11.3 Å². The molecule has 0 amide bonds. The van der Waals surface area contributed by atoms with Gasteiger partial charge in [0.05, 0.1) is 0 Å². The molecule has 0 aliphatic heterocycles. The molecule has 0 aromatic heterocycles. The molecule has 86 valence electrons. The molecule has 2 heteroatoms. The first kappa shape index (κ1) is 11.2. The highest BCUT2D eigenvalue weighted by molar-refractivity contribution is 5.19. The lowest BCUT2D eigenvalue weighted by molar-refractivity contribution is 0.391. The van der Waals surface area contributed by atoms with E-state index in [1.807, 2.05) is 0 Å². The Morgan fingerprint density at radius 1 is 1.27 bits per heavy atom. The van der Waals surface area contributed by atoms with Crippen LogP contribution in [0.3, 0.4) is 0 Å². The van der Waals surface area contributed by atoms with E-state index in [1.165, 1.54) is 51.4 Å². The van der Waals surface area contributed by atoms with E-state index in [9.17, 15) is 0 Å². The van der Waals surface area contributed by atoms with Crippen molar-refractivity contribution in [2.45, 2.75) is 64.3 Å². The van der Waals surface area contributed by atoms with Gasteiger partial charge in [-0.15, -0.1) is 0 Å². The minimum atomic E-state index is 0.440. The molecule has 0 aromatic rings. The number of nitrogens with two attached hydrogens (primary N) is 1. The topological polar surface area (TPSA) is 38.0 Å². The van der Waals surface area contributed by atoms with Crippen molar-refractivity contribution in [3.63, 3.8) is 0 Å². The number of nitrogens with one attached hydrogen (secondary N) is 1. The molecule has 15 heavy (non-hydrogen) atoms. The Kier molecular flexibility index (Phi) is 3.47. The van der Waals surface area contributed by atoms with Gasteiger partial charge in [0.25, 0.3) is 0 Å². The lowest BCUT2D eigenvalue weighted by Gasteiger charge is -2.27. The number of hydrogen-bond donors (Lipinski definition) is 2. The molecule has 2 nitrogen and oxygen atoms in total. The van der Waals surface area contributed by atoms with Crippen molar-refractivity contribution in [1.29, 1.82) is 0 Å². The zero-order chi connectivity index (χ0) is 10.7. The first-order valence-corrected chi connectivity index (χ1v) is 6.41. The van der Waals surface area contributed by atoms with Gasteiger partial charge in [-0.3, -0.25) is 11.3 Å². The van der Waals surface area contributed by atoms with Gasteiger partial charge in [0, 0.05) is 6.04 Å². The molecule has 2 aliphatic rings. The van der Waals surface area contributed by atoms with Gasteiger partial charge in [-0.05, 0) is 43.9 Å². The largest absolute Gasteiger partial charge is 0.271 e. The summed E-state index contributed by atoms with van der Waals surface area (Å²) in [7, 11) is 0. The smallest absolute Gasteiger partial charge is 0.0473 e. The molecule has 1 unspecified atom stereocenters. The van der Waals surface area contributed by atoms with Crippen LogP contribution in [0.2, 0.25) is 0 Å². The first-order valence-electron chi connectivity index (χ1n) is 6.41. The molecule has 0 radical (unpaired) electrons. The summed E-state index contributed by atoms with van der Waals surface area (Å²) in [4.78, 5) is 0. The average molecular weight is 208 g/mol. The molecular formula is C13H24N2. The van der Waals surface area contributed by atoms with E-state index in [4.69, 9.17) is 5.84 Å². The van der Waals surface area contributed by atoms with Crippen LogP contribution in [-0.2, 0) is 0 Å². The van der Waals surface area contributed by atoms with Crippen molar-refractivity contribution in [3.8, 4) is 0 Å². The van der Waals surface area contributed by atoms with Crippen LogP contribution in [0.25, 0.3) is 0 Å². The summed E-state index contributed by atoms with van der Waals surface area (Å²) >= 11 is 0. The van der Waals surface area contributed by atoms with Crippen LogP contribution in [0.15, 0.2) is 11.6 Å². The van der Waals surface area contributed by atoms with Crippen molar-refractivity contribution in [2.75, 3.05) is 0 Å². The van der Waals surface area contributed by atoms with Gasteiger partial charge < -0.3 is 0 Å². The quantitative estimate of drug-likeness (QED) is 0.425. The predicted molar refractivity (Wildman–Crippen MR) is 64.2 cm³/mol. The maximum atomic E-state index is 5.73. The number of rotatable bonds is 3. The minimum Gasteiger partial charge on any atom is -0.271 e. The van der Waals surface area contributed by atoms with Gasteiger partial charge in [0.1, 0.15) is 0 Å². The Morgan fingerprint density at radius 2 is 2.00 bits per heavy atom. The van der Waals surface area contributed by atoms with E-state index in [-0.39, 0.29) is 0 Å². The fourth-order valence-electron chi connectivity index (χ4n) is 2.72. The summed E-state index contributed by atoms with van der Waals surface area (Å²) in [6, 6.07) is 0.440. The molecular weight excluding hydrogens is 184 g/mol. The van der Waals surface area contributed by atoms with E-state index in [0.717, 1.165) is 0 Å². The van der Waals surface area contributed by atoms with Crippen LogP contribution in [-0.4, -0.2) is 6.04 Å². The normalized spacial score (nSPS) is 27.5. The summed E-state index contributed by atoms with van der Waals surface area (Å²) in [5, 5.41) is 0. The van der Waals surface area contributed by atoms with Gasteiger partial charge in [-0.1, -0.05) is 31.4 Å². The fourth-order valence-corrected chi connectivity index (χ4v) is 2.72. The highest BCUT2D eigenvalue weighted by Crippen LogP contribution is 2.50. The maximum Gasteiger partial charge on any atom is 0.0473 e. The zero-order valence-corrected chi connectivity index (χ0v) is 9.89. The number of allylic oxidation sites excluding steroid dienone is 1. The Balaban J connectivity index is 2.04. The zero-order valence-electron chi connectivity index (χ0n) is 9.89. The van der Waals surface area contributed by atoms with Gasteiger partial charge in [-0.2, -0.15) is 0 Å². The molecule has 3 N–H and O–H groups in total. The Bertz CT molecular complexity index is 241. The van der Waals surface area contributed by atoms with Crippen LogP contribution in [0.1, 0.15) is 58.3 Å². The standard InChI is InChI=1S/C13H24N2/c1-13(9-10-13)12(15-14)11-7-5-3-2-4-6-8-11/h7,12,15H,2-6,8-10,14H2,1H3. The molecule has 0 heterocycles. The molecule has 0 saturated heterocycles. The molecule has 0 bridgehead atoms. The molecule has 1 saturated carbocycles. The van der Waals surface area contributed by atoms with E-state index in [0.29, 0.717) is 11.5 Å². The molecule has 1 atom stereocenters. The minimum absolute atomic E-state index is 0.440. The van der Waals surface area contributed by atoms with Crippen molar-refractivity contribution < 1.29 is 0 Å². The Morgan fingerprint density at radius 3 is 2.67 bits per heavy atom. The van der Waals surface area contributed by atoms with Gasteiger partial charge >= 0.3 is 0 Å². The third-order valence-electron chi connectivity index (χ3n) is 4.10. The Hall–Kier alpha value is -0.340. The fraction of sp³-hybridized carbons (Fsp3) is 0.846. The van der Waals surface area contributed by atoms with Gasteiger partial charge in [0.15, 0.2) is 0 Å². The summed E-state index contributed by atoms with van der Waals surface area (Å²) in [6.07, 6.45) is 13.1. The third-order valence-corrected chi connectivity index (χ3v) is 4.10. The second kappa shape index (κ2) is 4.67. The van der Waals surface area contributed by atoms with E-state index in [1.54, 1.807) is 5.57 Å². The van der Waals surface area contributed by atoms with Gasteiger partial charge in [0.2, 0.25) is 0 Å². The van der Waals surface area contributed by atoms with E-state index < -0.39 is 0 Å². The highest BCUT2D eigenvalue weighted by atomic mass is 15.2. The van der Waals surface area contributed by atoms with Crippen LogP contribution >= 0.6 is 0 Å². The predicted octanol–water partition coefficient (Wildman–Crippen LogP) is 2.90. The summed E-state index contributed by atoms with van der Waals surface area (Å²) in [5.41, 5.74) is 5.09. The molecule has 2 rings (SSSR count). The summed E-state index contributed by atoms with van der Waals surface area (Å²) in [6.45, 7) is 2.36. The van der Waals surface area contributed by atoms with Crippen LogP contribution in [0.5, 0.6) is 0 Å². The lowest BCUT2D eigenvalue weighted by Crippen LogP contribution is -2.42. The molecule has 2 aliphatic carbocycles. The maximum absolute atomic E-state index is 5.73.